The van der Waals surface area contributed by atoms with Crippen molar-refractivity contribution in [2.24, 2.45) is 5.92 Å². The lowest BCUT2D eigenvalue weighted by atomic mass is 10.0. The Hall–Kier alpha value is -1.03. The van der Waals surface area contributed by atoms with E-state index < -0.39 is 0 Å². The number of halogens is 1. The van der Waals surface area contributed by atoms with Crippen LogP contribution in [0.5, 0.6) is 0 Å². The lowest BCUT2D eigenvalue weighted by molar-refractivity contribution is -0.121. The number of carbonyl (C=O) groups excluding carboxylic acids is 1. The SMILES string of the molecule is O=C(CCC1CCCC1)NCCCSc1ccc(F)cc1. The van der Waals surface area contributed by atoms with E-state index in [0.29, 0.717) is 6.42 Å². The highest BCUT2D eigenvalue weighted by molar-refractivity contribution is 7.99. The third-order valence-electron chi connectivity index (χ3n) is 3.98. The van der Waals surface area contributed by atoms with Crippen molar-refractivity contribution in [2.45, 2.75) is 49.8 Å². The first-order valence-corrected chi connectivity index (χ1v) is 8.87. The highest BCUT2D eigenvalue weighted by Crippen LogP contribution is 2.28. The number of amides is 1. The standard InChI is InChI=1S/C17H24FNOS/c18-15-7-9-16(10-8-15)21-13-3-12-19-17(20)11-6-14-4-1-2-5-14/h7-10,14H,1-6,11-13H2,(H,19,20). The Kier molecular flexibility index (Phi) is 7.07. The molecule has 116 valence electrons. The minimum Gasteiger partial charge on any atom is -0.356 e. The van der Waals surface area contributed by atoms with Crippen molar-refractivity contribution in [1.29, 1.82) is 0 Å². The number of benzene rings is 1. The van der Waals surface area contributed by atoms with Crippen LogP contribution in [0.3, 0.4) is 0 Å². The molecule has 4 heteroatoms. The van der Waals surface area contributed by atoms with E-state index >= 15 is 0 Å². The summed E-state index contributed by atoms with van der Waals surface area (Å²) in [5, 5.41) is 2.99. The first kappa shape index (κ1) is 16.3. The molecule has 1 fully saturated rings. The minimum absolute atomic E-state index is 0.189. The zero-order valence-corrected chi connectivity index (χ0v) is 13.3. The molecule has 1 aromatic rings. The van der Waals surface area contributed by atoms with Crippen LogP contribution < -0.4 is 5.32 Å². The Morgan fingerprint density at radius 3 is 2.67 bits per heavy atom. The molecule has 0 spiro atoms. The second-order valence-electron chi connectivity index (χ2n) is 5.70. The van der Waals surface area contributed by atoms with Gasteiger partial charge in [0.05, 0.1) is 0 Å². The maximum absolute atomic E-state index is 12.7. The quantitative estimate of drug-likeness (QED) is 0.570. The van der Waals surface area contributed by atoms with E-state index in [1.54, 1.807) is 23.9 Å². The van der Waals surface area contributed by atoms with Crippen LogP contribution in [0.25, 0.3) is 0 Å². The molecule has 0 unspecified atom stereocenters. The predicted molar refractivity (Wildman–Crippen MR) is 85.9 cm³/mol. The van der Waals surface area contributed by atoms with Gasteiger partial charge in [-0.05, 0) is 48.8 Å². The number of hydrogen-bond donors (Lipinski definition) is 1. The third kappa shape index (κ3) is 6.51. The van der Waals surface area contributed by atoms with E-state index in [4.69, 9.17) is 0 Å². The smallest absolute Gasteiger partial charge is 0.220 e. The third-order valence-corrected chi connectivity index (χ3v) is 5.08. The topological polar surface area (TPSA) is 29.1 Å². The van der Waals surface area contributed by atoms with Crippen molar-refractivity contribution in [3.63, 3.8) is 0 Å². The molecule has 0 heterocycles. The fraction of sp³-hybridized carbons (Fsp3) is 0.588. The summed E-state index contributed by atoms with van der Waals surface area (Å²) < 4.78 is 12.7. The normalized spacial score (nSPS) is 15.3. The largest absolute Gasteiger partial charge is 0.356 e. The molecule has 0 atom stereocenters. The predicted octanol–water partition coefficient (Wildman–Crippen LogP) is 4.39. The summed E-state index contributed by atoms with van der Waals surface area (Å²) in [5.74, 6) is 1.71. The molecule has 1 aliphatic carbocycles. The first-order valence-electron chi connectivity index (χ1n) is 7.89. The molecule has 2 nitrogen and oxygen atoms in total. The van der Waals surface area contributed by atoms with Gasteiger partial charge in [-0.2, -0.15) is 0 Å². The Morgan fingerprint density at radius 2 is 1.95 bits per heavy atom. The molecule has 0 saturated heterocycles. The van der Waals surface area contributed by atoms with Crippen LogP contribution in [0.1, 0.15) is 44.9 Å². The fourth-order valence-electron chi connectivity index (χ4n) is 2.74. The average Bonchev–Trinajstić information content (AvgIpc) is 3.00. The molecule has 2 rings (SSSR count). The number of rotatable bonds is 8. The molecule has 0 bridgehead atoms. The molecule has 0 radical (unpaired) electrons. The lowest BCUT2D eigenvalue weighted by Crippen LogP contribution is -2.24. The monoisotopic (exact) mass is 309 g/mol. The number of nitrogens with one attached hydrogen (secondary N) is 1. The van der Waals surface area contributed by atoms with E-state index in [0.717, 1.165) is 36.0 Å². The Balaban J connectivity index is 1.48. The molecule has 1 amide bonds. The van der Waals surface area contributed by atoms with Gasteiger partial charge in [0.2, 0.25) is 5.91 Å². The average molecular weight is 309 g/mol. The summed E-state index contributed by atoms with van der Waals surface area (Å²) in [7, 11) is 0. The minimum atomic E-state index is -0.200. The van der Waals surface area contributed by atoms with Gasteiger partial charge < -0.3 is 5.32 Å². The highest BCUT2D eigenvalue weighted by atomic mass is 32.2. The second-order valence-corrected chi connectivity index (χ2v) is 6.86. The summed E-state index contributed by atoms with van der Waals surface area (Å²) in [6.07, 6.45) is 7.96. The van der Waals surface area contributed by atoms with Crippen LogP contribution in [0.2, 0.25) is 0 Å². The van der Waals surface area contributed by atoms with Crippen molar-refractivity contribution in [1.82, 2.24) is 5.32 Å². The lowest BCUT2D eigenvalue weighted by Gasteiger charge is -2.09. The van der Waals surface area contributed by atoms with Crippen LogP contribution in [-0.4, -0.2) is 18.2 Å². The summed E-state index contributed by atoms with van der Waals surface area (Å²) in [6.45, 7) is 0.734. The van der Waals surface area contributed by atoms with Crippen LogP contribution in [0, 0.1) is 11.7 Å². The Bertz CT molecular complexity index is 429. The Labute approximate surface area is 130 Å². The molecule has 0 aromatic heterocycles. The van der Waals surface area contributed by atoms with Gasteiger partial charge in [-0.1, -0.05) is 25.7 Å². The molecule has 0 aliphatic heterocycles. The maximum atomic E-state index is 12.7. The second kappa shape index (κ2) is 9.08. The zero-order chi connectivity index (χ0) is 14.9. The van der Waals surface area contributed by atoms with Crippen LogP contribution in [0.4, 0.5) is 4.39 Å². The number of thioether (sulfide) groups is 1. The molecule has 1 N–H and O–H groups in total. The van der Waals surface area contributed by atoms with E-state index in [1.807, 2.05) is 0 Å². The molecular weight excluding hydrogens is 285 g/mol. The van der Waals surface area contributed by atoms with Crippen molar-refractivity contribution >= 4 is 17.7 Å². The van der Waals surface area contributed by atoms with E-state index in [9.17, 15) is 9.18 Å². The van der Waals surface area contributed by atoms with Crippen molar-refractivity contribution in [3.05, 3.63) is 30.1 Å². The van der Waals surface area contributed by atoms with Crippen LogP contribution in [0.15, 0.2) is 29.2 Å². The Morgan fingerprint density at radius 1 is 1.24 bits per heavy atom. The van der Waals surface area contributed by atoms with Crippen LogP contribution >= 0.6 is 11.8 Å². The van der Waals surface area contributed by atoms with E-state index in [1.165, 1.54) is 37.8 Å². The van der Waals surface area contributed by atoms with E-state index in [2.05, 4.69) is 5.32 Å². The van der Waals surface area contributed by atoms with Crippen molar-refractivity contribution in [3.8, 4) is 0 Å². The molecule has 1 aliphatic rings. The van der Waals surface area contributed by atoms with Crippen LogP contribution in [-0.2, 0) is 4.79 Å². The van der Waals surface area contributed by atoms with E-state index in [-0.39, 0.29) is 11.7 Å². The van der Waals surface area contributed by atoms with Gasteiger partial charge in [0.1, 0.15) is 5.82 Å². The highest BCUT2D eigenvalue weighted by Gasteiger charge is 2.15. The fourth-order valence-corrected chi connectivity index (χ4v) is 3.60. The summed E-state index contributed by atoms with van der Waals surface area (Å²) in [6, 6.07) is 6.54. The van der Waals surface area contributed by atoms with Crippen molar-refractivity contribution < 1.29 is 9.18 Å². The maximum Gasteiger partial charge on any atom is 0.220 e. The van der Waals surface area contributed by atoms with Gasteiger partial charge in [0.15, 0.2) is 0 Å². The summed E-state index contributed by atoms with van der Waals surface area (Å²) in [5.41, 5.74) is 0. The van der Waals surface area contributed by atoms with Gasteiger partial charge in [0.25, 0.3) is 0 Å². The van der Waals surface area contributed by atoms with Gasteiger partial charge >= 0.3 is 0 Å². The first-order chi connectivity index (χ1) is 10.2. The molecule has 21 heavy (non-hydrogen) atoms. The molecule has 1 saturated carbocycles. The van der Waals surface area contributed by atoms with Crippen molar-refractivity contribution in [2.75, 3.05) is 12.3 Å². The number of carbonyl (C=O) groups is 1. The van der Waals surface area contributed by atoms with Gasteiger partial charge in [-0.15, -0.1) is 11.8 Å². The van der Waals surface area contributed by atoms with Gasteiger partial charge in [-0.3, -0.25) is 4.79 Å². The number of hydrogen-bond acceptors (Lipinski definition) is 2. The van der Waals surface area contributed by atoms with Gasteiger partial charge in [-0.25, -0.2) is 4.39 Å². The summed E-state index contributed by atoms with van der Waals surface area (Å²) >= 11 is 1.70. The van der Waals surface area contributed by atoms with Gasteiger partial charge in [0, 0.05) is 17.9 Å². The zero-order valence-electron chi connectivity index (χ0n) is 12.4. The summed E-state index contributed by atoms with van der Waals surface area (Å²) in [4.78, 5) is 12.8. The molecule has 1 aromatic carbocycles. The molecular formula is C17H24FNOS.